The van der Waals surface area contributed by atoms with Crippen LogP contribution >= 0.6 is 0 Å². The largest absolute Gasteiger partial charge is 0.351 e. The fourth-order valence-electron chi connectivity index (χ4n) is 4.18. The zero-order chi connectivity index (χ0) is 17.6. The number of halogens is 2. The molecule has 3 aliphatic heterocycles. The first-order chi connectivity index (χ1) is 12.0. The van der Waals surface area contributed by atoms with E-state index in [0.29, 0.717) is 28.9 Å². The van der Waals surface area contributed by atoms with Crippen molar-refractivity contribution in [1.82, 2.24) is 15.2 Å². The van der Waals surface area contributed by atoms with Crippen molar-refractivity contribution >= 4 is 5.91 Å². The Kier molecular flexibility index (Phi) is 4.07. The Balaban J connectivity index is 1.51. The summed E-state index contributed by atoms with van der Waals surface area (Å²) < 4.78 is 26.8. The first-order valence-corrected chi connectivity index (χ1v) is 8.71. The summed E-state index contributed by atoms with van der Waals surface area (Å²) in [6.07, 6.45) is 2.24. The van der Waals surface area contributed by atoms with Gasteiger partial charge in [-0.1, -0.05) is 0 Å². The molecule has 1 amide bonds. The Morgan fingerprint density at radius 3 is 2.48 bits per heavy atom. The molecule has 2 atom stereocenters. The number of fused-ring (bicyclic) bond motifs is 3. The van der Waals surface area contributed by atoms with Gasteiger partial charge in [-0.3, -0.25) is 9.69 Å². The van der Waals surface area contributed by atoms with Crippen LogP contribution in [-0.2, 0) is 0 Å². The molecule has 1 aromatic heterocycles. The first kappa shape index (κ1) is 16.3. The van der Waals surface area contributed by atoms with Crippen LogP contribution in [0, 0.1) is 17.6 Å². The molecular weight excluding hydrogens is 324 g/mol. The predicted octanol–water partition coefficient (Wildman–Crippen LogP) is 3.17. The van der Waals surface area contributed by atoms with Crippen molar-refractivity contribution in [3.8, 4) is 11.3 Å². The molecule has 2 aromatic rings. The summed E-state index contributed by atoms with van der Waals surface area (Å²) in [4.78, 5) is 18.0. The lowest BCUT2D eigenvalue weighted by Crippen LogP contribution is -2.62. The third-order valence-corrected chi connectivity index (χ3v) is 5.58. The van der Waals surface area contributed by atoms with Gasteiger partial charge in [-0.15, -0.1) is 0 Å². The van der Waals surface area contributed by atoms with Crippen molar-refractivity contribution in [3.05, 3.63) is 47.7 Å². The van der Waals surface area contributed by atoms with E-state index >= 15 is 0 Å². The van der Waals surface area contributed by atoms with Gasteiger partial charge in [-0.25, -0.2) is 8.78 Å². The Morgan fingerprint density at radius 2 is 1.84 bits per heavy atom. The monoisotopic (exact) mass is 345 g/mol. The number of aromatic nitrogens is 1. The van der Waals surface area contributed by atoms with Crippen LogP contribution in [0.5, 0.6) is 0 Å². The van der Waals surface area contributed by atoms with E-state index in [4.69, 9.17) is 0 Å². The highest BCUT2D eigenvalue weighted by atomic mass is 19.1. The highest BCUT2D eigenvalue weighted by Crippen LogP contribution is 2.32. The van der Waals surface area contributed by atoms with Crippen molar-refractivity contribution in [2.75, 3.05) is 13.1 Å². The van der Waals surface area contributed by atoms with E-state index in [2.05, 4.69) is 22.1 Å². The van der Waals surface area contributed by atoms with Crippen LogP contribution in [0.15, 0.2) is 30.3 Å². The highest BCUT2D eigenvalue weighted by Gasteiger charge is 2.40. The minimum atomic E-state index is -0.642. The van der Waals surface area contributed by atoms with Crippen LogP contribution in [0.4, 0.5) is 8.78 Å². The number of hydrogen-bond acceptors (Lipinski definition) is 2. The van der Waals surface area contributed by atoms with E-state index in [1.165, 1.54) is 12.1 Å². The van der Waals surface area contributed by atoms with Gasteiger partial charge in [0.15, 0.2) is 0 Å². The molecule has 0 spiro atoms. The molecule has 132 valence electrons. The fourth-order valence-corrected chi connectivity index (χ4v) is 4.18. The first-order valence-electron chi connectivity index (χ1n) is 8.71. The minimum Gasteiger partial charge on any atom is -0.351 e. The molecule has 4 heterocycles. The lowest BCUT2D eigenvalue weighted by atomic mass is 9.79. The van der Waals surface area contributed by atoms with Crippen molar-refractivity contribution in [2.45, 2.75) is 31.8 Å². The van der Waals surface area contributed by atoms with Gasteiger partial charge in [0, 0.05) is 29.4 Å². The van der Waals surface area contributed by atoms with Gasteiger partial charge in [-0.2, -0.15) is 0 Å². The number of amides is 1. The molecule has 0 radical (unpaired) electrons. The smallest absolute Gasteiger partial charge is 0.267 e. The summed E-state index contributed by atoms with van der Waals surface area (Å²) in [5.74, 6) is -0.933. The lowest BCUT2D eigenvalue weighted by molar-refractivity contribution is 0.0216. The molecule has 2 bridgehead atoms. The van der Waals surface area contributed by atoms with Gasteiger partial charge in [0.1, 0.15) is 17.3 Å². The van der Waals surface area contributed by atoms with Crippen LogP contribution in [0.2, 0.25) is 0 Å². The number of benzene rings is 1. The molecule has 1 aromatic carbocycles. The number of carbonyl (C=O) groups is 1. The number of nitrogens with zero attached hydrogens (tertiary/aromatic N) is 1. The quantitative estimate of drug-likeness (QED) is 0.898. The Morgan fingerprint density at radius 1 is 1.16 bits per heavy atom. The fraction of sp³-hybridized carbons (Fsp3) is 0.421. The molecule has 2 N–H and O–H groups in total. The number of aromatic amines is 1. The number of nitrogens with one attached hydrogen (secondary N) is 2. The highest BCUT2D eigenvalue weighted by molar-refractivity contribution is 5.93. The van der Waals surface area contributed by atoms with E-state index in [-0.39, 0.29) is 11.9 Å². The molecule has 0 unspecified atom stereocenters. The van der Waals surface area contributed by atoms with E-state index in [1.807, 2.05) is 0 Å². The van der Waals surface area contributed by atoms with E-state index in [1.54, 1.807) is 12.1 Å². The van der Waals surface area contributed by atoms with Crippen LogP contribution in [-0.4, -0.2) is 41.0 Å². The average molecular weight is 345 g/mol. The maximum atomic E-state index is 13.4. The van der Waals surface area contributed by atoms with Gasteiger partial charge < -0.3 is 10.3 Å². The lowest BCUT2D eigenvalue weighted by Gasteiger charge is -2.49. The predicted molar refractivity (Wildman–Crippen MR) is 91.2 cm³/mol. The van der Waals surface area contributed by atoms with E-state index in [9.17, 15) is 13.6 Å². The Bertz CT molecular complexity index is 773. The topological polar surface area (TPSA) is 48.1 Å². The second-order valence-corrected chi connectivity index (χ2v) is 7.06. The van der Waals surface area contributed by atoms with Gasteiger partial charge >= 0.3 is 0 Å². The average Bonchev–Trinajstić information content (AvgIpc) is 3.08. The van der Waals surface area contributed by atoms with Gasteiger partial charge in [0.05, 0.1) is 0 Å². The summed E-state index contributed by atoms with van der Waals surface area (Å²) in [5, 5.41) is 3.14. The standard InChI is InChI=1S/C19H21F2N3O/c1-11-18(12-4-6-24(11)7-5-12)23-19(25)17-3-2-16(22-17)13-8-14(20)10-15(21)9-13/h2-3,8-12,18,22H,4-7H2,1H3,(H,23,25)/t11-,18-/m0/s1. The van der Waals surface area contributed by atoms with Crippen molar-refractivity contribution in [2.24, 2.45) is 5.92 Å². The summed E-state index contributed by atoms with van der Waals surface area (Å²) >= 11 is 0. The number of rotatable bonds is 3. The van der Waals surface area contributed by atoms with Gasteiger partial charge in [0.25, 0.3) is 5.91 Å². The van der Waals surface area contributed by atoms with Crippen LogP contribution < -0.4 is 5.32 Å². The number of H-pyrrole nitrogens is 1. The summed E-state index contributed by atoms with van der Waals surface area (Å²) in [6.45, 7) is 4.37. The number of hydrogen-bond donors (Lipinski definition) is 2. The molecule has 6 heteroatoms. The van der Waals surface area contributed by atoms with E-state index in [0.717, 1.165) is 32.0 Å². The number of carbonyl (C=O) groups excluding carboxylic acids is 1. The summed E-state index contributed by atoms with van der Waals surface area (Å²) in [5.41, 5.74) is 1.31. The zero-order valence-electron chi connectivity index (χ0n) is 14.1. The second-order valence-electron chi connectivity index (χ2n) is 7.06. The summed E-state index contributed by atoms with van der Waals surface area (Å²) in [7, 11) is 0. The Hall–Kier alpha value is -2.21. The van der Waals surface area contributed by atoms with Gasteiger partial charge in [0.2, 0.25) is 0 Å². The second kappa shape index (κ2) is 6.26. The van der Waals surface area contributed by atoms with Gasteiger partial charge in [-0.05, 0) is 63.0 Å². The molecule has 3 aliphatic rings. The Labute approximate surface area is 145 Å². The number of piperidine rings is 3. The molecule has 5 rings (SSSR count). The molecule has 25 heavy (non-hydrogen) atoms. The summed E-state index contributed by atoms with van der Waals surface area (Å²) in [6, 6.07) is 7.12. The maximum Gasteiger partial charge on any atom is 0.267 e. The van der Waals surface area contributed by atoms with E-state index < -0.39 is 11.6 Å². The molecule has 4 nitrogen and oxygen atoms in total. The van der Waals surface area contributed by atoms with Crippen LogP contribution in [0.25, 0.3) is 11.3 Å². The van der Waals surface area contributed by atoms with Crippen LogP contribution in [0.1, 0.15) is 30.3 Å². The van der Waals surface area contributed by atoms with Crippen molar-refractivity contribution in [1.29, 1.82) is 0 Å². The maximum absolute atomic E-state index is 13.4. The van der Waals surface area contributed by atoms with Crippen molar-refractivity contribution in [3.63, 3.8) is 0 Å². The SMILES string of the molecule is C[C@H]1[C@H](NC(=O)c2ccc(-c3cc(F)cc(F)c3)[nH]2)C2CCN1CC2. The normalized spacial score (nSPS) is 28.1. The van der Waals surface area contributed by atoms with Crippen LogP contribution in [0.3, 0.4) is 0 Å². The molecule has 3 saturated heterocycles. The third kappa shape index (κ3) is 3.06. The molecular formula is C19H21F2N3O. The molecule has 0 aliphatic carbocycles. The minimum absolute atomic E-state index is 0.147. The van der Waals surface area contributed by atoms with Crippen molar-refractivity contribution < 1.29 is 13.6 Å². The molecule has 3 fully saturated rings. The molecule has 0 saturated carbocycles. The zero-order valence-corrected chi connectivity index (χ0v) is 14.1. The third-order valence-electron chi connectivity index (χ3n) is 5.58.